The normalized spacial score (nSPS) is 26.0. The van der Waals surface area contributed by atoms with Crippen molar-refractivity contribution in [1.82, 2.24) is 9.55 Å². The fourth-order valence-electron chi connectivity index (χ4n) is 1.89. The predicted octanol–water partition coefficient (Wildman–Crippen LogP) is -1.75. The molecule has 0 bridgehead atoms. The third-order valence-electron chi connectivity index (χ3n) is 2.85. The van der Waals surface area contributed by atoms with Gasteiger partial charge in [-0.05, 0) is 0 Å². The molecule has 1 aromatic heterocycles. The lowest BCUT2D eigenvalue weighted by atomic mass is 10.2. The van der Waals surface area contributed by atoms with E-state index in [-0.39, 0.29) is 12.3 Å². The van der Waals surface area contributed by atoms with Gasteiger partial charge in [-0.25, -0.2) is 9.36 Å². The number of ether oxygens (including phenoxy) is 1. The zero-order chi connectivity index (χ0) is 15.6. The summed E-state index contributed by atoms with van der Waals surface area (Å²) < 4.78 is 21.3. The van der Waals surface area contributed by atoms with Gasteiger partial charge in [0.05, 0.1) is 12.7 Å². The molecule has 2 rings (SSSR count). The fourth-order valence-corrected chi connectivity index (χ4v) is 2.23. The molecule has 1 fully saturated rings. The van der Waals surface area contributed by atoms with E-state index in [1.165, 1.54) is 12.3 Å². The first-order valence-corrected chi connectivity index (χ1v) is 7.32. The topological polar surface area (TPSA) is 166 Å². The van der Waals surface area contributed by atoms with Crippen molar-refractivity contribution in [3.05, 3.63) is 22.7 Å². The number of aliphatic hydroxyl groups excluding tert-OH is 1. The summed E-state index contributed by atoms with van der Waals surface area (Å²) in [5.41, 5.74) is -0.702. The Morgan fingerprint density at radius 3 is 2.86 bits per heavy atom. The van der Waals surface area contributed by atoms with Crippen molar-refractivity contribution in [3.8, 4) is 5.88 Å². The molecule has 1 saturated heterocycles. The van der Waals surface area contributed by atoms with Crippen molar-refractivity contribution in [2.24, 2.45) is 5.90 Å². The molecule has 1 aliphatic heterocycles. The molecule has 0 aromatic carbocycles. The van der Waals surface area contributed by atoms with Gasteiger partial charge in [-0.3, -0.25) is 9.09 Å². The number of nitrogens with two attached hydrogens (primary N) is 1. The van der Waals surface area contributed by atoms with Crippen LogP contribution in [0.25, 0.3) is 0 Å². The van der Waals surface area contributed by atoms with Crippen LogP contribution in [-0.2, 0) is 13.8 Å². The van der Waals surface area contributed by atoms with E-state index in [9.17, 15) is 14.5 Å². The first kappa shape index (κ1) is 16.0. The Hall–Kier alpha value is -1.33. The van der Waals surface area contributed by atoms with E-state index in [0.29, 0.717) is 0 Å². The fraction of sp³-hybridized carbons (Fsp3) is 0.556. The van der Waals surface area contributed by atoms with Gasteiger partial charge in [0.15, 0.2) is 0 Å². The second-order valence-corrected chi connectivity index (χ2v) is 5.53. The number of aromatic nitrogens is 2. The molecule has 2 heterocycles. The minimum absolute atomic E-state index is 0.0413. The van der Waals surface area contributed by atoms with Crippen LogP contribution in [0, 0.1) is 0 Å². The SMILES string of the molecule is NOc1ccn(C2C[C@@H](O)C(COP(=O)(O)O)O2)c(=O)n1. The number of rotatable bonds is 5. The average molecular weight is 323 g/mol. The highest BCUT2D eigenvalue weighted by Crippen LogP contribution is 2.38. The van der Waals surface area contributed by atoms with Gasteiger partial charge in [-0.1, -0.05) is 0 Å². The monoisotopic (exact) mass is 323 g/mol. The standard InChI is InChI=1S/C9H14N3O8P/c10-20-7-1-2-12(9(14)11-7)8-3-5(13)6(19-8)4-18-21(15,16)17/h1-2,5-6,8,13H,3-4,10H2,(H2,15,16,17)/t5-,6?,8?/m1/s1. The highest BCUT2D eigenvalue weighted by molar-refractivity contribution is 7.46. The largest absolute Gasteiger partial charge is 0.469 e. The van der Waals surface area contributed by atoms with Crippen molar-refractivity contribution in [2.45, 2.75) is 24.9 Å². The van der Waals surface area contributed by atoms with Gasteiger partial charge in [0.1, 0.15) is 12.3 Å². The molecule has 21 heavy (non-hydrogen) atoms. The van der Waals surface area contributed by atoms with Crippen molar-refractivity contribution in [2.75, 3.05) is 6.61 Å². The molecule has 0 aliphatic carbocycles. The number of aliphatic hydroxyl groups is 1. The van der Waals surface area contributed by atoms with Gasteiger partial charge in [0.2, 0.25) is 5.88 Å². The Morgan fingerprint density at radius 2 is 2.29 bits per heavy atom. The molecule has 0 amide bonds. The zero-order valence-corrected chi connectivity index (χ0v) is 11.5. The molecule has 3 atom stereocenters. The first-order chi connectivity index (χ1) is 9.80. The van der Waals surface area contributed by atoms with Crippen LogP contribution in [0.15, 0.2) is 17.1 Å². The van der Waals surface area contributed by atoms with E-state index in [1.807, 2.05) is 0 Å². The lowest BCUT2D eigenvalue weighted by Gasteiger charge is -2.16. The highest BCUT2D eigenvalue weighted by Gasteiger charge is 2.37. The molecule has 1 aromatic rings. The van der Waals surface area contributed by atoms with E-state index in [4.69, 9.17) is 20.4 Å². The Labute approximate surface area is 118 Å². The van der Waals surface area contributed by atoms with E-state index in [0.717, 1.165) is 4.57 Å². The molecule has 5 N–H and O–H groups in total. The van der Waals surface area contributed by atoms with Gasteiger partial charge in [-0.15, -0.1) is 0 Å². The number of nitrogens with zero attached hydrogens (tertiary/aromatic N) is 2. The van der Waals surface area contributed by atoms with E-state index < -0.39 is 38.6 Å². The zero-order valence-electron chi connectivity index (χ0n) is 10.6. The van der Waals surface area contributed by atoms with E-state index in [2.05, 4.69) is 14.3 Å². The van der Waals surface area contributed by atoms with Crippen molar-refractivity contribution in [1.29, 1.82) is 0 Å². The smallest absolute Gasteiger partial charge is 0.391 e. The molecule has 11 nitrogen and oxygen atoms in total. The number of hydrogen-bond acceptors (Lipinski definition) is 8. The molecular formula is C9H14N3O8P. The van der Waals surface area contributed by atoms with Gasteiger partial charge in [-0.2, -0.15) is 10.9 Å². The van der Waals surface area contributed by atoms with Crippen LogP contribution in [0.5, 0.6) is 5.88 Å². The predicted molar refractivity (Wildman–Crippen MR) is 65.8 cm³/mol. The van der Waals surface area contributed by atoms with Gasteiger partial charge in [0.25, 0.3) is 0 Å². The Kier molecular flexibility index (Phi) is 4.74. The summed E-state index contributed by atoms with van der Waals surface area (Å²) in [6.45, 7) is -0.506. The summed E-state index contributed by atoms with van der Waals surface area (Å²) in [6, 6.07) is 1.33. The Bertz CT molecular complexity index is 601. The summed E-state index contributed by atoms with van der Waals surface area (Å²) in [4.78, 5) is 36.8. The molecule has 12 heteroatoms. The maximum atomic E-state index is 11.7. The van der Waals surface area contributed by atoms with Crippen LogP contribution < -0.4 is 16.4 Å². The van der Waals surface area contributed by atoms with E-state index in [1.54, 1.807) is 0 Å². The molecule has 118 valence electrons. The second-order valence-electron chi connectivity index (χ2n) is 4.29. The van der Waals surface area contributed by atoms with Crippen LogP contribution in [0.3, 0.4) is 0 Å². The summed E-state index contributed by atoms with van der Waals surface area (Å²) in [6.07, 6.45) is -1.49. The molecule has 0 spiro atoms. The second kappa shape index (κ2) is 6.20. The van der Waals surface area contributed by atoms with Gasteiger partial charge < -0.3 is 24.5 Å². The lowest BCUT2D eigenvalue weighted by molar-refractivity contribution is -0.0451. The third-order valence-corrected chi connectivity index (χ3v) is 3.33. The number of phosphoric acid groups is 1. The Morgan fingerprint density at radius 1 is 1.57 bits per heavy atom. The van der Waals surface area contributed by atoms with Crippen LogP contribution in [0.1, 0.15) is 12.6 Å². The third kappa shape index (κ3) is 4.08. The lowest BCUT2D eigenvalue weighted by Crippen LogP contribution is -2.28. The minimum atomic E-state index is -4.66. The maximum Gasteiger partial charge on any atom is 0.469 e. The van der Waals surface area contributed by atoms with E-state index >= 15 is 0 Å². The first-order valence-electron chi connectivity index (χ1n) is 5.79. The number of hydrogen-bond donors (Lipinski definition) is 4. The summed E-state index contributed by atoms with van der Waals surface area (Å²) in [5.74, 6) is 4.80. The van der Waals surface area contributed by atoms with Crippen LogP contribution in [0.2, 0.25) is 0 Å². The van der Waals surface area contributed by atoms with Crippen LogP contribution in [0.4, 0.5) is 0 Å². The maximum absolute atomic E-state index is 11.7. The van der Waals surface area contributed by atoms with Crippen molar-refractivity contribution >= 4 is 7.82 Å². The summed E-state index contributed by atoms with van der Waals surface area (Å²) in [7, 11) is -4.66. The molecular weight excluding hydrogens is 309 g/mol. The van der Waals surface area contributed by atoms with Gasteiger partial charge >= 0.3 is 13.5 Å². The van der Waals surface area contributed by atoms with Crippen molar-refractivity contribution in [3.63, 3.8) is 0 Å². The quantitative estimate of drug-likeness (QED) is 0.360. The van der Waals surface area contributed by atoms with Gasteiger partial charge in [0, 0.05) is 18.7 Å². The van der Waals surface area contributed by atoms with Crippen molar-refractivity contribution < 1.29 is 33.6 Å². The van der Waals surface area contributed by atoms with Crippen LogP contribution in [-0.4, -0.2) is 43.3 Å². The highest BCUT2D eigenvalue weighted by atomic mass is 31.2. The Balaban J connectivity index is 2.07. The average Bonchev–Trinajstić information content (AvgIpc) is 2.76. The minimum Gasteiger partial charge on any atom is -0.391 e. The van der Waals surface area contributed by atoms with Crippen LogP contribution >= 0.6 is 7.82 Å². The molecule has 0 radical (unpaired) electrons. The molecule has 0 saturated carbocycles. The number of phosphoric ester groups is 1. The summed E-state index contributed by atoms with van der Waals surface area (Å²) in [5, 5.41) is 9.77. The molecule has 1 aliphatic rings. The molecule has 2 unspecified atom stereocenters. The summed E-state index contributed by atoms with van der Waals surface area (Å²) >= 11 is 0.